The van der Waals surface area contributed by atoms with E-state index >= 15 is 0 Å². The first-order valence-corrected chi connectivity index (χ1v) is 6.61. The fourth-order valence-electron chi connectivity index (χ4n) is 1.12. The number of hydrogen-bond acceptors (Lipinski definition) is 5. The average Bonchev–Trinajstić information content (AvgIpc) is 2.29. The van der Waals surface area contributed by atoms with Crippen LogP contribution in [0.25, 0.3) is 0 Å². The quantitative estimate of drug-likeness (QED) is 0.853. The molecule has 1 N–H and O–H groups in total. The Kier molecular flexibility index (Phi) is 5.69. The number of ether oxygens (including phenoxy) is 1. The second kappa shape index (κ2) is 6.81. The molecule has 0 aliphatic heterocycles. The van der Waals surface area contributed by atoms with Gasteiger partial charge in [-0.15, -0.1) is 0 Å². The van der Waals surface area contributed by atoms with Gasteiger partial charge in [0.15, 0.2) is 5.82 Å². The Morgan fingerprint density at radius 2 is 2.38 bits per heavy atom. The van der Waals surface area contributed by atoms with Gasteiger partial charge in [0.05, 0.1) is 13.3 Å². The number of aromatic nitrogens is 2. The molecular formula is C10H16ClN3OS. The normalized spacial score (nSPS) is 12.2. The Balaban J connectivity index is 2.64. The van der Waals surface area contributed by atoms with E-state index in [0.717, 1.165) is 11.5 Å². The van der Waals surface area contributed by atoms with Crippen molar-refractivity contribution in [3.8, 4) is 6.01 Å². The van der Waals surface area contributed by atoms with Crippen LogP contribution in [-0.2, 0) is 0 Å². The van der Waals surface area contributed by atoms with Gasteiger partial charge in [0.25, 0.3) is 0 Å². The van der Waals surface area contributed by atoms with Crippen molar-refractivity contribution in [3.63, 3.8) is 0 Å². The molecule has 0 aliphatic rings. The van der Waals surface area contributed by atoms with Crippen molar-refractivity contribution in [2.24, 2.45) is 0 Å². The minimum atomic E-state index is 0.307. The summed E-state index contributed by atoms with van der Waals surface area (Å²) in [5.74, 6) is 2.74. The summed E-state index contributed by atoms with van der Waals surface area (Å²) < 4.78 is 4.95. The molecular weight excluding hydrogens is 246 g/mol. The van der Waals surface area contributed by atoms with E-state index in [1.54, 1.807) is 0 Å². The SMILES string of the molecule is CCSCC(C)Nc1nc(OC)ncc1Cl. The van der Waals surface area contributed by atoms with E-state index in [1.165, 1.54) is 13.3 Å². The number of nitrogens with zero attached hydrogens (tertiary/aromatic N) is 2. The first-order valence-electron chi connectivity index (χ1n) is 5.08. The minimum Gasteiger partial charge on any atom is -0.467 e. The Hall–Kier alpha value is -0.680. The van der Waals surface area contributed by atoms with E-state index in [9.17, 15) is 0 Å². The molecule has 0 saturated heterocycles. The molecule has 1 aromatic heterocycles. The largest absolute Gasteiger partial charge is 0.467 e. The molecule has 0 spiro atoms. The van der Waals surface area contributed by atoms with Crippen LogP contribution < -0.4 is 10.1 Å². The highest BCUT2D eigenvalue weighted by Gasteiger charge is 2.08. The fourth-order valence-corrected chi connectivity index (χ4v) is 1.94. The highest BCUT2D eigenvalue weighted by Crippen LogP contribution is 2.21. The van der Waals surface area contributed by atoms with Gasteiger partial charge < -0.3 is 10.1 Å². The predicted octanol–water partition coefficient (Wildman–Crippen LogP) is 2.69. The summed E-state index contributed by atoms with van der Waals surface area (Å²) in [6.45, 7) is 4.23. The van der Waals surface area contributed by atoms with Gasteiger partial charge in [-0.25, -0.2) is 4.98 Å². The maximum absolute atomic E-state index is 5.98. The summed E-state index contributed by atoms with van der Waals surface area (Å²) in [4.78, 5) is 8.07. The number of methoxy groups -OCH3 is 1. The molecule has 1 rings (SSSR count). The Morgan fingerprint density at radius 3 is 3.00 bits per heavy atom. The molecule has 0 aliphatic carbocycles. The topological polar surface area (TPSA) is 47.0 Å². The molecule has 16 heavy (non-hydrogen) atoms. The summed E-state index contributed by atoms with van der Waals surface area (Å²) in [6, 6.07) is 0.629. The van der Waals surface area contributed by atoms with Crippen molar-refractivity contribution in [3.05, 3.63) is 11.2 Å². The molecule has 1 aromatic rings. The lowest BCUT2D eigenvalue weighted by Gasteiger charge is -2.14. The van der Waals surface area contributed by atoms with E-state index in [2.05, 4.69) is 29.1 Å². The number of halogens is 1. The van der Waals surface area contributed by atoms with Gasteiger partial charge in [-0.2, -0.15) is 16.7 Å². The monoisotopic (exact) mass is 261 g/mol. The van der Waals surface area contributed by atoms with Gasteiger partial charge in [0.1, 0.15) is 5.02 Å². The summed E-state index contributed by atoms with van der Waals surface area (Å²) in [5.41, 5.74) is 0. The Labute approximate surface area is 105 Å². The Morgan fingerprint density at radius 1 is 1.62 bits per heavy atom. The molecule has 0 aromatic carbocycles. The van der Waals surface area contributed by atoms with Crippen molar-refractivity contribution in [2.45, 2.75) is 19.9 Å². The van der Waals surface area contributed by atoms with Gasteiger partial charge in [0.2, 0.25) is 0 Å². The highest BCUT2D eigenvalue weighted by atomic mass is 35.5. The van der Waals surface area contributed by atoms with Gasteiger partial charge >= 0.3 is 6.01 Å². The summed E-state index contributed by atoms with van der Waals surface area (Å²) in [5, 5.41) is 3.74. The zero-order valence-electron chi connectivity index (χ0n) is 9.66. The van der Waals surface area contributed by atoms with Crippen molar-refractivity contribution < 1.29 is 4.74 Å². The zero-order valence-corrected chi connectivity index (χ0v) is 11.2. The minimum absolute atomic E-state index is 0.307. The third-order valence-electron chi connectivity index (χ3n) is 1.86. The van der Waals surface area contributed by atoms with Crippen LogP contribution >= 0.6 is 23.4 Å². The van der Waals surface area contributed by atoms with Crippen molar-refractivity contribution in [2.75, 3.05) is 23.9 Å². The molecule has 0 radical (unpaired) electrons. The second-order valence-electron chi connectivity index (χ2n) is 3.26. The molecule has 6 heteroatoms. The highest BCUT2D eigenvalue weighted by molar-refractivity contribution is 7.99. The second-order valence-corrected chi connectivity index (χ2v) is 4.98. The lowest BCUT2D eigenvalue weighted by Crippen LogP contribution is -2.19. The summed E-state index contributed by atoms with van der Waals surface area (Å²) in [6.07, 6.45) is 1.54. The van der Waals surface area contributed by atoms with Crippen LogP contribution in [0.5, 0.6) is 6.01 Å². The first-order chi connectivity index (χ1) is 7.67. The van der Waals surface area contributed by atoms with Gasteiger partial charge in [-0.05, 0) is 12.7 Å². The lowest BCUT2D eigenvalue weighted by atomic mass is 10.4. The molecule has 4 nitrogen and oxygen atoms in total. The smallest absolute Gasteiger partial charge is 0.318 e. The third-order valence-corrected chi connectivity index (χ3v) is 3.28. The van der Waals surface area contributed by atoms with Crippen LogP contribution in [0.4, 0.5) is 5.82 Å². The number of thioether (sulfide) groups is 1. The van der Waals surface area contributed by atoms with Crippen molar-refractivity contribution in [1.82, 2.24) is 9.97 Å². The van der Waals surface area contributed by atoms with Crippen LogP contribution in [0.15, 0.2) is 6.20 Å². The van der Waals surface area contributed by atoms with Gasteiger partial charge in [-0.3, -0.25) is 0 Å². The molecule has 0 amide bonds. The molecule has 90 valence electrons. The van der Waals surface area contributed by atoms with Crippen LogP contribution in [0.3, 0.4) is 0 Å². The molecule has 0 bridgehead atoms. The van der Waals surface area contributed by atoms with Gasteiger partial charge in [-0.1, -0.05) is 18.5 Å². The van der Waals surface area contributed by atoms with Crippen LogP contribution in [0.1, 0.15) is 13.8 Å². The molecule has 0 saturated carbocycles. The molecule has 0 fully saturated rings. The van der Waals surface area contributed by atoms with Crippen LogP contribution in [0, 0.1) is 0 Å². The number of hydrogen-bond donors (Lipinski definition) is 1. The standard InChI is InChI=1S/C10H16ClN3OS/c1-4-16-6-7(2)13-9-8(11)5-12-10(14-9)15-3/h5,7H,4,6H2,1-3H3,(H,12,13,14). The van der Waals surface area contributed by atoms with E-state index < -0.39 is 0 Å². The molecule has 1 heterocycles. The van der Waals surface area contributed by atoms with Crippen LogP contribution in [-0.4, -0.2) is 34.6 Å². The maximum atomic E-state index is 5.98. The summed E-state index contributed by atoms with van der Waals surface area (Å²) >= 11 is 7.85. The first kappa shape index (κ1) is 13.4. The van der Waals surface area contributed by atoms with E-state index in [0.29, 0.717) is 22.9 Å². The van der Waals surface area contributed by atoms with Crippen molar-refractivity contribution in [1.29, 1.82) is 0 Å². The molecule has 1 unspecified atom stereocenters. The Bertz CT molecular complexity index is 338. The third kappa shape index (κ3) is 4.06. The van der Waals surface area contributed by atoms with Crippen molar-refractivity contribution >= 4 is 29.2 Å². The van der Waals surface area contributed by atoms with E-state index in [1.807, 2.05) is 11.8 Å². The lowest BCUT2D eigenvalue weighted by molar-refractivity contribution is 0.380. The summed E-state index contributed by atoms with van der Waals surface area (Å²) in [7, 11) is 1.53. The molecule has 1 atom stereocenters. The number of anilines is 1. The number of nitrogens with one attached hydrogen (secondary N) is 1. The van der Waals surface area contributed by atoms with E-state index in [4.69, 9.17) is 16.3 Å². The number of rotatable bonds is 6. The predicted molar refractivity (Wildman–Crippen MR) is 69.7 cm³/mol. The average molecular weight is 262 g/mol. The van der Waals surface area contributed by atoms with Gasteiger partial charge in [0, 0.05) is 11.8 Å². The van der Waals surface area contributed by atoms with E-state index in [-0.39, 0.29) is 0 Å². The maximum Gasteiger partial charge on any atom is 0.318 e. The van der Waals surface area contributed by atoms with Crippen LogP contribution in [0.2, 0.25) is 5.02 Å². The zero-order chi connectivity index (χ0) is 12.0. The fraction of sp³-hybridized carbons (Fsp3) is 0.600.